The second-order valence-electron chi connectivity index (χ2n) is 6.48. The van der Waals surface area contributed by atoms with Gasteiger partial charge in [0.05, 0.1) is 6.20 Å². The number of rotatable bonds is 6. The first-order chi connectivity index (χ1) is 12.3. The lowest BCUT2D eigenvalue weighted by atomic mass is 10.2. The molecule has 8 nitrogen and oxygen atoms in total. The minimum atomic E-state index is -0.569. The fraction of sp³-hybridized carbons (Fsp3) is 0.389. The lowest BCUT2D eigenvalue weighted by molar-refractivity contribution is -0.152. The van der Waals surface area contributed by atoms with Crippen molar-refractivity contribution in [1.82, 2.24) is 15.0 Å². The molecule has 0 aliphatic rings. The Bertz CT molecular complexity index is 759. The van der Waals surface area contributed by atoms with Gasteiger partial charge in [0.2, 0.25) is 0 Å². The Hall–Kier alpha value is -3.03. The van der Waals surface area contributed by atoms with Crippen molar-refractivity contribution in [3.8, 4) is 0 Å². The van der Waals surface area contributed by atoms with Gasteiger partial charge < -0.3 is 15.0 Å². The Morgan fingerprint density at radius 2 is 1.88 bits per heavy atom. The minimum Gasteiger partial charge on any atom is -0.459 e. The van der Waals surface area contributed by atoms with E-state index in [0.29, 0.717) is 23.6 Å². The molecule has 0 aliphatic carbocycles. The van der Waals surface area contributed by atoms with E-state index in [1.54, 1.807) is 45.3 Å². The van der Waals surface area contributed by atoms with Crippen molar-refractivity contribution >= 4 is 23.4 Å². The highest BCUT2D eigenvalue weighted by atomic mass is 16.6. The maximum atomic E-state index is 12.8. The molecule has 1 N–H and O–H groups in total. The van der Waals surface area contributed by atoms with Gasteiger partial charge in [0.15, 0.2) is 5.82 Å². The molecule has 0 saturated carbocycles. The average Bonchev–Trinajstić information content (AvgIpc) is 2.60. The Labute approximate surface area is 152 Å². The fourth-order valence-electron chi connectivity index (χ4n) is 2.26. The van der Waals surface area contributed by atoms with E-state index in [2.05, 4.69) is 20.3 Å². The zero-order chi connectivity index (χ0) is 19.2. The molecule has 0 saturated heterocycles. The first-order valence-electron chi connectivity index (χ1n) is 8.29. The zero-order valence-electron chi connectivity index (χ0n) is 15.4. The highest BCUT2D eigenvalue weighted by molar-refractivity contribution is 6.07. The summed E-state index contributed by atoms with van der Waals surface area (Å²) in [5, 5.41) is 2.92. The molecule has 0 aromatic carbocycles. The normalized spacial score (nSPS) is 10.9. The van der Waals surface area contributed by atoms with E-state index < -0.39 is 11.6 Å². The predicted octanol–water partition coefficient (Wildman–Crippen LogP) is 2.29. The maximum absolute atomic E-state index is 12.8. The first kappa shape index (κ1) is 19.3. The minimum absolute atomic E-state index is 0.0672. The van der Waals surface area contributed by atoms with Crippen molar-refractivity contribution in [3.63, 3.8) is 0 Å². The van der Waals surface area contributed by atoms with Gasteiger partial charge >= 0.3 is 5.97 Å². The molecule has 1 amide bonds. The molecule has 0 spiro atoms. The molecule has 138 valence electrons. The molecule has 2 aromatic heterocycles. The second-order valence-corrected chi connectivity index (χ2v) is 6.48. The van der Waals surface area contributed by atoms with Gasteiger partial charge in [0.1, 0.15) is 24.2 Å². The summed E-state index contributed by atoms with van der Waals surface area (Å²) >= 11 is 0. The highest BCUT2D eigenvalue weighted by Gasteiger charge is 2.21. The summed E-state index contributed by atoms with van der Waals surface area (Å²) in [6.45, 7) is 7.59. The molecule has 0 radical (unpaired) electrons. The van der Waals surface area contributed by atoms with Crippen LogP contribution in [0.1, 0.15) is 38.1 Å². The lowest BCUT2D eigenvalue weighted by Gasteiger charge is -2.23. The van der Waals surface area contributed by atoms with Crippen molar-refractivity contribution < 1.29 is 14.3 Å². The third-order valence-electron chi connectivity index (χ3n) is 3.29. The van der Waals surface area contributed by atoms with Crippen LogP contribution in [0.15, 0.2) is 37.1 Å². The number of ether oxygens (including phenoxy) is 1. The molecule has 8 heteroatoms. The van der Waals surface area contributed by atoms with E-state index >= 15 is 0 Å². The standard InChI is InChI=1S/C18H23N5O3/c1-5-23(17(25)13-6-8-19-9-7-13)14-10-20-12-22-16(14)21-11-15(24)26-18(2,3)4/h6-10,12H,5,11H2,1-4H3,(H,20,21,22). The third-order valence-corrected chi connectivity index (χ3v) is 3.29. The first-order valence-corrected chi connectivity index (χ1v) is 8.29. The smallest absolute Gasteiger partial charge is 0.325 e. The molecule has 26 heavy (non-hydrogen) atoms. The molecule has 2 heterocycles. The summed E-state index contributed by atoms with van der Waals surface area (Å²) in [5.74, 6) is -0.231. The van der Waals surface area contributed by atoms with E-state index in [1.165, 1.54) is 17.4 Å². The molecule has 0 atom stereocenters. The van der Waals surface area contributed by atoms with Crippen LogP contribution >= 0.6 is 0 Å². The van der Waals surface area contributed by atoms with E-state index in [-0.39, 0.29) is 12.5 Å². The van der Waals surface area contributed by atoms with Crippen molar-refractivity contribution in [1.29, 1.82) is 0 Å². The summed E-state index contributed by atoms with van der Waals surface area (Å²) in [6, 6.07) is 3.28. The Kier molecular flexibility index (Phi) is 6.21. The van der Waals surface area contributed by atoms with Crippen LogP contribution in [0.3, 0.4) is 0 Å². The number of aromatic nitrogens is 3. The number of amides is 1. The summed E-state index contributed by atoms with van der Waals surface area (Å²) in [7, 11) is 0. The van der Waals surface area contributed by atoms with Crippen LogP contribution < -0.4 is 10.2 Å². The van der Waals surface area contributed by atoms with Gasteiger partial charge in [-0.1, -0.05) is 0 Å². The number of carbonyl (C=O) groups excluding carboxylic acids is 2. The second kappa shape index (κ2) is 8.37. The van der Waals surface area contributed by atoms with Gasteiger partial charge in [-0.25, -0.2) is 9.97 Å². The van der Waals surface area contributed by atoms with Gasteiger partial charge in [-0.05, 0) is 39.8 Å². The highest BCUT2D eigenvalue weighted by Crippen LogP contribution is 2.23. The third kappa shape index (κ3) is 5.23. The number of esters is 1. The van der Waals surface area contributed by atoms with Gasteiger partial charge in [-0.15, -0.1) is 0 Å². The number of hydrogen-bond donors (Lipinski definition) is 1. The Morgan fingerprint density at radius 3 is 2.50 bits per heavy atom. The van der Waals surface area contributed by atoms with Gasteiger partial charge in [0.25, 0.3) is 5.91 Å². The number of carbonyl (C=O) groups is 2. The van der Waals surface area contributed by atoms with Crippen LogP contribution in [0.2, 0.25) is 0 Å². The van der Waals surface area contributed by atoms with Crippen LogP contribution in [-0.2, 0) is 9.53 Å². The number of nitrogens with zero attached hydrogens (tertiary/aromatic N) is 4. The summed E-state index contributed by atoms with van der Waals surface area (Å²) < 4.78 is 5.27. The number of hydrogen-bond acceptors (Lipinski definition) is 7. The molecule has 0 fully saturated rings. The lowest BCUT2D eigenvalue weighted by Crippen LogP contribution is -2.32. The molecule has 0 bridgehead atoms. The summed E-state index contributed by atoms with van der Waals surface area (Å²) in [6.07, 6.45) is 6.01. The number of anilines is 2. The SMILES string of the molecule is CCN(C(=O)c1ccncc1)c1cncnc1NCC(=O)OC(C)(C)C. The largest absolute Gasteiger partial charge is 0.459 e. The van der Waals surface area contributed by atoms with Crippen molar-refractivity contribution in [2.45, 2.75) is 33.3 Å². The average molecular weight is 357 g/mol. The van der Waals surface area contributed by atoms with Crippen LogP contribution in [0.5, 0.6) is 0 Å². The quantitative estimate of drug-likeness (QED) is 0.792. The molecule has 0 unspecified atom stereocenters. The zero-order valence-corrected chi connectivity index (χ0v) is 15.4. The Morgan fingerprint density at radius 1 is 1.19 bits per heavy atom. The predicted molar refractivity (Wildman–Crippen MR) is 98.0 cm³/mol. The molecule has 2 rings (SSSR count). The molecule has 0 aliphatic heterocycles. The van der Waals surface area contributed by atoms with E-state index in [9.17, 15) is 9.59 Å². The van der Waals surface area contributed by atoms with Crippen molar-refractivity contribution in [3.05, 3.63) is 42.6 Å². The van der Waals surface area contributed by atoms with Crippen LogP contribution in [0.25, 0.3) is 0 Å². The van der Waals surface area contributed by atoms with Crippen molar-refractivity contribution in [2.24, 2.45) is 0 Å². The molecular formula is C18H23N5O3. The van der Waals surface area contributed by atoms with Gasteiger partial charge in [0, 0.05) is 24.5 Å². The van der Waals surface area contributed by atoms with Crippen LogP contribution in [-0.4, -0.2) is 45.5 Å². The number of pyridine rings is 1. The number of nitrogens with one attached hydrogen (secondary N) is 1. The summed E-state index contributed by atoms with van der Waals surface area (Å²) in [5.41, 5.74) is 0.421. The van der Waals surface area contributed by atoms with Gasteiger partial charge in [-0.3, -0.25) is 14.6 Å². The van der Waals surface area contributed by atoms with Crippen LogP contribution in [0, 0.1) is 0 Å². The topological polar surface area (TPSA) is 97.3 Å². The monoisotopic (exact) mass is 357 g/mol. The molecule has 2 aromatic rings. The van der Waals surface area contributed by atoms with Crippen LogP contribution in [0.4, 0.5) is 11.5 Å². The van der Waals surface area contributed by atoms with Gasteiger partial charge in [-0.2, -0.15) is 0 Å². The van der Waals surface area contributed by atoms with E-state index in [0.717, 1.165) is 0 Å². The summed E-state index contributed by atoms with van der Waals surface area (Å²) in [4.78, 5) is 38.3. The van der Waals surface area contributed by atoms with E-state index in [1.807, 2.05) is 6.92 Å². The van der Waals surface area contributed by atoms with E-state index in [4.69, 9.17) is 4.74 Å². The van der Waals surface area contributed by atoms with Crippen molar-refractivity contribution in [2.75, 3.05) is 23.3 Å². The molecular weight excluding hydrogens is 334 g/mol. The maximum Gasteiger partial charge on any atom is 0.325 e. The Balaban J connectivity index is 2.18. The fourth-order valence-corrected chi connectivity index (χ4v) is 2.26.